The molecule has 1 saturated heterocycles. The van der Waals surface area contributed by atoms with Gasteiger partial charge in [-0.1, -0.05) is 38.1 Å². The normalized spacial score (nSPS) is 14.5. The molecule has 5 rings (SSSR count). The van der Waals surface area contributed by atoms with E-state index in [2.05, 4.69) is 45.8 Å². The Morgan fingerprint density at radius 1 is 0.936 bits per heavy atom. The van der Waals surface area contributed by atoms with Gasteiger partial charge in [0.15, 0.2) is 17.5 Å². The van der Waals surface area contributed by atoms with Crippen molar-refractivity contribution in [2.24, 2.45) is 0 Å². The standard InChI is InChI=1S/C33H42N10O4/c1-20-17-22(9-10-23(20)21(2)36-28(44)29-38-30(41-47-29)32(3,4)5)24-18-26(35-19-34-24)37-25-11-12-27(40-39-25)42-13-15-43(16-14-42)31(45)46-33(6,7)8/h9-12,17-19,21H,13-16H2,1-8H3,(H,36,44)(H,34,35,37,39)/t21-/m1/s1. The van der Waals surface area contributed by atoms with Crippen LogP contribution in [0.2, 0.25) is 0 Å². The van der Waals surface area contributed by atoms with E-state index in [4.69, 9.17) is 9.26 Å². The van der Waals surface area contributed by atoms with Gasteiger partial charge in [0.1, 0.15) is 17.7 Å². The summed E-state index contributed by atoms with van der Waals surface area (Å²) in [4.78, 5) is 42.0. The molecule has 2 amide bonds. The third kappa shape index (κ3) is 8.37. The minimum Gasteiger partial charge on any atom is -0.444 e. The number of nitrogens with one attached hydrogen (secondary N) is 2. The Kier molecular flexibility index (Phi) is 9.40. The second kappa shape index (κ2) is 13.3. The molecule has 47 heavy (non-hydrogen) atoms. The van der Waals surface area contributed by atoms with Crippen LogP contribution in [-0.4, -0.2) is 79.0 Å². The minimum atomic E-state index is -0.523. The topological polar surface area (TPSA) is 164 Å². The quantitative estimate of drug-likeness (QED) is 0.271. The highest BCUT2D eigenvalue weighted by atomic mass is 16.6. The van der Waals surface area contributed by atoms with Crippen molar-refractivity contribution in [3.8, 4) is 11.3 Å². The Bertz CT molecular complexity index is 1720. The Labute approximate surface area is 274 Å². The number of piperazine rings is 1. The Balaban J connectivity index is 1.18. The molecule has 14 nitrogen and oxygen atoms in total. The van der Waals surface area contributed by atoms with Gasteiger partial charge in [-0.25, -0.2) is 14.8 Å². The molecule has 4 heterocycles. The van der Waals surface area contributed by atoms with E-state index in [1.54, 1.807) is 4.90 Å². The summed E-state index contributed by atoms with van der Waals surface area (Å²) in [7, 11) is 0. The van der Waals surface area contributed by atoms with Crippen LogP contribution in [0.15, 0.2) is 47.2 Å². The zero-order valence-corrected chi connectivity index (χ0v) is 28.2. The number of amides is 2. The fraction of sp³-hybridized carbons (Fsp3) is 0.455. The molecule has 248 valence electrons. The van der Waals surface area contributed by atoms with E-state index in [1.807, 2.05) is 91.8 Å². The third-order valence-electron chi connectivity index (χ3n) is 7.50. The highest BCUT2D eigenvalue weighted by Gasteiger charge is 2.27. The molecule has 2 N–H and O–H groups in total. The monoisotopic (exact) mass is 642 g/mol. The van der Waals surface area contributed by atoms with Gasteiger partial charge in [0.2, 0.25) is 0 Å². The van der Waals surface area contributed by atoms with Crippen LogP contribution in [0.5, 0.6) is 0 Å². The molecular weight excluding hydrogens is 600 g/mol. The Morgan fingerprint density at radius 3 is 2.30 bits per heavy atom. The van der Waals surface area contributed by atoms with E-state index < -0.39 is 11.5 Å². The first-order chi connectivity index (χ1) is 22.2. The molecule has 4 aromatic rings. The number of nitrogens with zero attached hydrogens (tertiary/aromatic N) is 8. The van der Waals surface area contributed by atoms with E-state index in [9.17, 15) is 9.59 Å². The fourth-order valence-corrected chi connectivity index (χ4v) is 5.00. The second-order valence-electron chi connectivity index (χ2n) is 13.6. The lowest BCUT2D eigenvalue weighted by molar-refractivity contribution is 0.0240. The highest BCUT2D eigenvalue weighted by Crippen LogP contribution is 2.27. The van der Waals surface area contributed by atoms with Gasteiger partial charge in [0.05, 0.1) is 11.7 Å². The zero-order chi connectivity index (χ0) is 33.9. The van der Waals surface area contributed by atoms with Gasteiger partial charge in [-0.05, 0) is 63.9 Å². The Morgan fingerprint density at radius 2 is 1.68 bits per heavy atom. The molecule has 0 spiro atoms. The first-order valence-corrected chi connectivity index (χ1v) is 15.6. The summed E-state index contributed by atoms with van der Waals surface area (Å²) in [5, 5.41) is 18.8. The van der Waals surface area contributed by atoms with Gasteiger partial charge in [0.25, 0.3) is 0 Å². The van der Waals surface area contributed by atoms with Crippen molar-refractivity contribution in [2.45, 2.75) is 72.4 Å². The average molecular weight is 643 g/mol. The fourth-order valence-electron chi connectivity index (χ4n) is 5.00. The molecule has 1 fully saturated rings. The summed E-state index contributed by atoms with van der Waals surface area (Å²) in [6.45, 7) is 17.7. The van der Waals surface area contributed by atoms with Crippen LogP contribution in [0, 0.1) is 6.92 Å². The van der Waals surface area contributed by atoms with Crippen molar-refractivity contribution in [3.05, 3.63) is 65.6 Å². The van der Waals surface area contributed by atoms with Gasteiger partial charge in [-0.3, -0.25) is 4.79 Å². The van der Waals surface area contributed by atoms with E-state index in [0.29, 0.717) is 43.6 Å². The largest absolute Gasteiger partial charge is 0.444 e. The van der Waals surface area contributed by atoms with Crippen LogP contribution in [0.25, 0.3) is 11.3 Å². The number of hydrogen-bond acceptors (Lipinski definition) is 12. The minimum absolute atomic E-state index is 0.0606. The predicted octanol–water partition coefficient (Wildman–Crippen LogP) is 5.21. The van der Waals surface area contributed by atoms with Gasteiger partial charge in [0, 0.05) is 43.2 Å². The number of aromatic nitrogens is 6. The number of ether oxygens (including phenoxy) is 1. The van der Waals surface area contributed by atoms with Crippen LogP contribution in [-0.2, 0) is 10.2 Å². The molecule has 1 aromatic carbocycles. The summed E-state index contributed by atoms with van der Waals surface area (Å²) in [5.74, 6) is 1.83. The molecule has 0 unspecified atom stereocenters. The number of aryl methyl sites for hydroxylation is 1. The van der Waals surface area contributed by atoms with Crippen molar-refractivity contribution in [2.75, 3.05) is 36.4 Å². The van der Waals surface area contributed by atoms with Crippen LogP contribution in [0.1, 0.15) is 82.1 Å². The van der Waals surface area contributed by atoms with Crippen molar-refractivity contribution < 1.29 is 18.8 Å². The molecule has 1 aliphatic heterocycles. The summed E-state index contributed by atoms with van der Waals surface area (Å²) < 4.78 is 10.7. The lowest BCUT2D eigenvalue weighted by Gasteiger charge is -2.35. The van der Waals surface area contributed by atoms with Crippen LogP contribution in [0.4, 0.5) is 22.2 Å². The Hall–Kier alpha value is -5.14. The highest BCUT2D eigenvalue weighted by molar-refractivity contribution is 5.89. The summed E-state index contributed by atoms with van der Waals surface area (Å²) in [6.07, 6.45) is 1.19. The molecule has 0 bridgehead atoms. The maximum Gasteiger partial charge on any atom is 0.410 e. The molecule has 14 heteroatoms. The van der Waals surface area contributed by atoms with Crippen molar-refractivity contribution in [1.82, 2.24) is 40.5 Å². The summed E-state index contributed by atoms with van der Waals surface area (Å²) >= 11 is 0. The van der Waals surface area contributed by atoms with E-state index in [1.165, 1.54) is 6.33 Å². The van der Waals surface area contributed by atoms with E-state index in [-0.39, 0.29) is 23.4 Å². The van der Waals surface area contributed by atoms with E-state index in [0.717, 1.165) is 28.2 Å². The van der Waals surface area contributed by atoms with Crippen molar-refractivity contribution in [3.63, 3.8) is 0 Å². The van der Waals surface area contributed by atoms with Gasteiger partial charge in [-0.2, -0.15) is 4.98 Å². The smallest absolute Gasteiger partial charge is 0.410 e. The van der Waals surface area contributed by atoms with Crippen LogP contribution < -0.4 is 15.5 Å². The third-order valence-corrected chi connectivity index (χ3v) is 7.50. The van der Waals surface area contributed by atoms with Gasteiger partial charge >= 0.3 is 17.9 Å². The number of anilines is 3. The van der Waals surface area contributed by atoms with Crippen molar-refractivity contribution >= 4 is 29.5 Å². The lowest BCUT2D eigenvalue weighted by Crippen LogP contribution is -2.50. The maximum absolute atomic E-state index is 12.8. The SMILES string of the molecule is Cc1cc(-c2cc(Nc3ccc(N4CCN(C(=O)OC(C)(C)C)CC4)nn3)ncn2)ccc1[C@@H](C)NC(=O)c1nc(C(C)(C)C)no1. The molecule has 3 aromatic heterocycles. The lowest BCUT2D eigenvalue weighted by atomic mass is 9.96. The van der Waals surface area contributed by atoms with Gasteiger partial charge < -0.3 is 29.7 Å². The molecule has 0 radical (unpaired) electrons. The summed E-state index contributed by atoms with van der Waals surface area (Å²) in [5.41, 5.74) is 2.71. The molecule has 1 atom stereocenters. The van der Waals surface area contributed by atoms with Gasteiger partial charge in [-0.15, -0.1) is 10.2 Å². The number of benzene rings is 1. The van der Waals surface area contributed by atoms with Crippen molar-refractivity contribution in [1.29, 1.82) is 0 Å². The average Bonchev–Trinajstić information content (AvgIpc) is 3.53. The zero-order valence-electron chi connectivity index (χ0n) is 28.2. The molecule has 1 aliphatic rings. The number of hydrogen-bond donors (Lipinski definition) is 2. The van der Waals surface area contributed by atoms with Crippen LogP contribution in [0.3, 0.4) is 0 Å². The molecular formula is C33H42N10O4. The number of rotatable bonds is 7. The molecule has 0 saturated carbocycles. The van der Waals surface area contributed by atoms with E-state index >= 15 is 0 Å². The second-order valence-corrected chi connectivity index (χ2v) is 13.6. The van der Waals surface area contributed by atoms with Crippen LogP contribution >= 0.6 is 0 Å². The number of carbonyl (C=O) groups excluding carboxylic acids is 2. The first kappa shape index (κ1) is 33.2. The molecule has 0 aliphatic carbocycles. The first-order valence-electron chi connectivity index (χ1n) is 15.6. The number of carbonyl (C=O) groups is 2. The maximum atomic E-state index is 12.8. The predicted molar refractivity (Wildman–Crippen MR) is 176 cm³/mol. The summed E-state index contributed by atoms with van der Waals surface area (Å²) in [6, 6.07) is 11.2.